The van der Waals surface area contributed by atoms with E-state index in [9.17, 15) is 4.79 Å². The van der Waals surface area contributed by atoms with E-state index in [4.69, 9.17) is 0 Å². The molecule has 2 aliphatic rings. The van der Waals surface area contributed by atoms with Gasteiger partial charge in [0.15, 0.2) is 0 Å². The monoisotopic (exact) mass is 324 g/mol. The third-order valence-electron chi connectivity index (χ3n) is 5.37. The number of carbonyl (C=O) groups excluding carboxylic acids is 1. The highest BCUT2D eigenvalue weighted by molar-refractivity contribution is 5.95. The van der Waals surface area contributed by atoms with Gasteiger partial charge in [-0.1, -0.05) is 24.6 Å². The molecule has 0 radical (unpaired) electrons. The van der Waals surface area contributed by atoms with Gasteiger partial charge in [-0.2, -0.15) is 5.10 Å². The molecule has 0 saturated carbocycles. The Hall–Kier alpha value is -2.14. The van der Waals surface area contributed by atoms with Gasteiger partial charge in [0.1, 0.15) is 0 Å². The van der Waals surface area contributed by atoms with Crippen LogP contribution in [-0.4, -0.2) is 57.7 Å². The van der Waals surface area contributed by atoms with Crippen LogP contribution in [0.4, 0.5) is 0 Å². The van der Waals surface area contributed by atoms with Crippen molar-refractivity contribution in [1.82, 2.24) is 19.6 Å². The summed E-state index contributed by atoms with van der Waals surface area (Å²) in [6, 6.07) is 10.5. The Morgan fingerprint density at radius 2 is 1.96 bits per heavy atom. The molecule has 5 heteroatoms. The molecule has 1 aromatic carbocycles. The second-order valence-electron chi connectivity index (χ2n) is 6.83. The van der Waals surface area contributed by atoms with Gasteiger partial charge >= 0.3 is 0 Å². The minimum Gasteiger partial charge on any atom is -0.336 e. The van der Waals surface area contributed by atoms with Crippen LogP contribution in [0.25, 0.3) is 5.69 Å². The molecule has 2 aromatic rings. The zero-order chi connectivity index (χ0) is 16.5. The van der Waals surface area contributed by atoms with Crippen LogP contribution in [-0.2, 0) is 0 Å². The molecule has 5 nitrogen and oxygen atoms in total. The molecule has 0 aliphatic carbocycles. The summed E-state index contributed by atoms with van der Waals surface area (Å²) in [6.07, 6.45) is 5.52. The Morgan fingerprint density at radius 3 is 2.79 bits per heavy atom. The maximum Gasteiger partial charge on any atom is 0.257 e. The van der Waals surface area contributed by atoms with E-state index in [1.807, 2.05) is 46.8 Å². The van der Waals surface area contributed by atoms with Gasteiger partial charge in [0, 0.05) is 25.7 Å². The molecule has 0 bridgehead atoms. The zero-order valence-electron chi connectivity index (χ0n) is 14.2. The molecule has 1 aromatic heterocycles. The van der Waals surface area contributed by atoms with Gasteiger partial charge in [0.2, 0.25) is 0 Å². The van der Waals surface area contributed by atoms with E-state index in [-0.39, 0.29) is 5.91 Å². The fourth-order valence-electron chi connectivity index (χ4n) is 3.96. The molecule has 2 saturated heterocycles. The Kier molecular flexibility index (Phi) is 4.10. The Balaban J connectivity index is 1.54. The van der Waals surface area contributed by atoms with Crippen LogP contribution in [0.5, 0.6) is 0 Å². The zero-order valence-corrected chi connectivity index (χ0v) is 14.2. The van der Waals surface area contributed by atoms with E-state index in [0.29, 0.717) is 6.04 Å². The number of fused-ring (bicyclic) bond motifs is 1. The van der Waals surface area contributed by atoms with Crippen molar-refractivity contribution in [2.45, 2.75) is 32.2 Å². The van der Waals surface area contributed by atoms with Crippen LogP contribution in [0.1, 0.15) is 35.3 Å². The van der Waals surface area contributed by atoms with Gasteiger partial charge in [0.05, 0.1) is 23.1 Å². The summed E-state index contributed by atoms with van der Waals surface area (Å²) in [7, 11) is 0. The molecule has 3 heterocycles. The van der Waals surface area contributed by atoms with Crippen molar-refractivity contribution in [3.63, 3.8) is 0 Å². The van der Waals surface area contributed by atoms with E-state index in [2.05, 4.69) is 10.00 Å². The second kappa shape index (κ2) is 6.40. The van der Waals surface area contributed by atoms with Crippen LogP contribution in [0.3, 0.4) is 0 Å². The Labute approximate surface area is 142 Å². The first-order chi connectivity index (χ1) is 11.7. The SMILES string of the molecule is Cc1c(C(=O)N2CCN3CCCCC3C2)cnn1-c1ccccc1. The molecule has 1 atom stereocenters. The highest BCUT2D eigenvalue weighted by Crippen LogP contribution is 2.23. The predicted molar refractivity (Wildman–Crippen MR) is 93.4 cm³/mol. The molecule has 0 spiro atoms. The van der Waals surface area contributed by atoms with Crippen molar-refractivity contribution in [2.24, 2.45) is 0 Å². The fraction of sp³-hybridized carbons (Fsp3) is 0.474. The van der Waals surface area contributed by atoms with Crippen LogP contribution < -0.4 is 0 Å². The standard InChI is InChI=1S/C19H24N4O/c1-15-18(13-20-23(15)16-7-3-2-4-8-16)19(24)22-12-11-21-10-6-5-9-17(21)14-22/h2-4,7-8,13,17H,5-6,9-12,14H2,1H3. The third kappa shape index (κ3) is 2.73. The van der Waals surface area contributed by atoms with E-state index < -0.39 is 0 Å². The van der Waals surface area contributed by atoms with Crippen molar-refractivity contribution in [3.8, 4) is 5.69 Å². The normalized spacial score (nSPS) is 21.5. The number of amides is 1. The lowest BCUT2D eigenvalue weighted by Gasteiger charge is -2.44. The maximum atomic E-state index is 13.0. The van der Waals surface area contributed by atoms with Crippen molar-refractivity contribution in [1.29, 1.82) is 0 Å². The van der Waals surface area contributed by atoms with Crippen LogP contribution in [0.15, 0.2) is 36.5 Å². The minimum atomic E-state index is 0.125. The quantitative estimate of drug-likeness (QED) is 0.852. The molecular formula is C19H24N4O. The van der Waals surface area contributed by atoms with E-state index >= 15 is 0 Å². The summed E-state index contributed by atoms with van der Waals surface area (Å²) in [5, 5.41) is 4.44. The largest absolute Gasteiger partial charge is 0.336 e. The molecule has 4 rings (SSSR count). The number of nitrogens with zero attached hydrogens (tertiary/aromatic N) is 4. The van der Waals surface area contributed by atoms with E-state index in [1.165, 1.54) is 25.8 Å². The van der Waals surface area contributed by atoms with Gasteiger partial charge in [-0.05, 0) is 38.4 Å². The van der Waals surface area contributed by atoms with Crippen LogP contribution >= 0.6 is 0 Å². The minimum absolute atomic E-state index is 0.125. The second-order valence-corrected chi connectivity index (χ2v) is 6.83. The van der Waals surface area contributed by atoms with Gasteiger partial charge in [0.25, 0.3) is 5.91 Å². The molecule has 1 unspecified atom stereocenters. The lowest BCUT2D eigenvalue weighted by molar-refractivity contribution is 0.0372. The molecule has 0 N–H and O–H groups in total. The topological polar surface area (TPSA) is 41.4 Å². The first kappa shape index (κ1) is 15.4. The summed E-state index contributed by atoms with van der Waals surface area (Å²) in [4.78, 5) is 17.6. The number of benzene rings is 1. The number of carbonyl (C=O) groups is 1. The third-order valence-corrected chi connectivity index (χ3v) is 5.37. The molecule has 2 fully saturated rings. The van der Waals surface area contributed by atoms with Crippen LogP contribution in [0.2, 0.25) is 0 Å². The summed E-state index contributed by atoms with van der Waals surface area (Å²) in [5.41, 5.74) is 2.63. The first-order valence-corrected chi connectivity index (χ1v) is 8.87. The van der Waals surface area contributed by atoms with Crippen molar-refractivity contribution in [2.75, 3.05) is 26.2 Å². The molecule has 126 valence electrons. The number of para-hydroxylation sites is 1. The van der Waals surface area contributed by atoms with E-state index in [1.54, 1.807) is 6.20 Å². The molecule has 2 aliphatic heterocycles. The van der Waals surface area contributed by atoms with Gasteiger partial charge in [-0.3, -0.25) is 9.69 Å². The number of hydrogen-bond donors (Lipinski definition) is 0. The molecule has 1 amide bonds. The molecule has 24 heavy (non-hydrogen) atoms. The number of aromatic nitrogens is 2. The summed E-state index contributed by atoms with van der Waals surface area (Å²) in [6.45, 7) is 5.85. The highest BCUT2D eigenvalue weighted by Gasteiger charge is 2.32. The van der Waals surface area contributed by atoms with Crippen molar-refractivity contribution < 1.29 is 4.79 Å². The summed E-state index contributed by atoms with van der Waals surface area (Å²) in [5.74, 6) is 0.125. The van der Waals surface area contributed by atoms with Crippen molar-refractivity contribution >= 4 is 5.91 Å². The number of rotatable bonds is 2. The molecular weight excluding hydrogens is 300 g/mol. The Bertz CT molecular complexity index is 724. The van der Waals surface area contributed by atoms with Crippen molar-refractivity contribution in [3.05, 3.63) is 47.8 Å². The smallest absolute Gasteiger partial charge is 0.257 e. The van der Waals surface area contributed by atoms with Gasteiger partial charge < -0.3 is 4.90 Å². The van der Waals surface area contributed by atoms with Gasteiger partial charge in [-0.25, -0.2) is 4.68 Å². The Morgan fingerprint density at radius 1 is 1.12 bits per heavy atom. The number of piperidine rings is 1. The summed E-state index contributed by atoms with van der Waals surface area (Å²) < 4.78 is 1.85. The lowest BCUT2D eigenvalue weighted by atomic mass is 9.99. The highest BCUT2D eigenvalue weighted by atomic mass is 16.2. The van der Waals surface area contributed by atoms with Gasteiger partial charge in [-0.15, -0.1) is 0 Å². The number of piperazine rings is 1. The number of hydrogen-bond acceptors (Lipinski definition) is 3. The average Bonchev–Trinajstić information content (AvgIpc) is 3.03. The summed E-state index contributed by atoms with van der Waals surface area (Å²) >= 11 is 0. The lowest BCUT2D eigenvalue weighted by Crippen LogP contribution is -2.56. The maximum absolute atomic E-state index is 13.0. The first-order valence-electron chi connectivity index (χ1n) is 8.87. The predicted octanol–water partition coefficient (Wildman–Crippen LogP) is 2.49. The van der Waals surface area contributed by atoms with E-state index in [0.717, 1.165) is 36.6 Å². The fourth-order valence-corrected chi connectivity index (χ4v) is 3.96. The average molecular weight is 324 g/mol. The van der Waals surface area contributed by atoms with Crippen LogP contribution in [0, 0.1) is 6.92 Å².